The van der Waals surface area contributed by atoms with Gasteiger partial charge in [0.25, 0.3) is 0 Å². The summed E-state index contributed by atoms with van der Waals surface area (Å²) in [7, 11) is 0. The number of aliphatic hydroxyl groups is 2. The zero-order chi connectivity index (χ0) is 13.5. The van der Waals surface area contributed by atoms with Gasteiger partial charge in [0.05, 0.1) is 13.1 Å². The van der Waals surface area contributed by atoms with Crippen molar-refractivity contribution >= 4 is 0 Å². The molecule has 11 nitrogen and oxygen atoms in total. The molecular weight excluding hydrogens is 256 g/mol. The molecule has 0 spiro atoms. The van der Waals surface area contributed by atoms with Crippen LogP contribution in [0.4, 0.5) is 0 Å². The maximum absolute atomic E-state index is 8.75. The van der Waals surface area contributed by atoms with E-state index in [1.165, 1.54) is 9.48 Å². The number of hydrogen-bond acceptors (Lipinski definition) is 9. The van der Waals surface area contributed by atoms with Gasteiger partial charge in [-0.25, -0.2) is 0 Å². The zero-order valence-corrected chi connectivity index (χ0v) is 10.1. The molecule has 11 heteroatoms. The largest absolute Gasteiger partial charge is 0.396 e. The van der Waals surface area contributed by atoms with Crippen molar-refractivity contribution in [3.05, 3.63) is 0 Å². The van der Waals surface area contributed by atoms with E-state index in [0.29, 0.717) is 25.9 Å². The Bertz CT molecular complexity index is 498. The number of hydrogen-bond donors (Lipinski definition) is 2. The highest BCUT2D eigenvalue weighted by molar-refractivity contribution is 4.98. The Balaban J connectivity index is 1.96. The van der Waals surface area contributed by atoms with E-state index >= 15 is 0 Å². The fourth-order valence-corrected chi connectivity index (χ4v) is 1.29. The van der Waals surface area contributed by atoms with Crippen LogP contribution in [0.2, 0.25) is 0 Å². The van der Waals surface area contributed by atoms with Crippen LogP contribution < -0.4 is 4.74 Å². The lowest BCUT2D eigenvalue weighted by Crippen LogP contribution is -2.06. The summed E-state index contributed by atoms with van der Waals surface area (Å²) < 4.78 is 6.68. The van der Waals surface area contributed by atoms with Crippen LogP contribution in [0.5, 0.6) is 12.0 Å². The molecule has 2 heterocycles. The summed E-state index contributed by atoms with van der Waals surface area (Å²) in [6, 6.07) is 0.160. The van der Waals surface area contributed by atoms with Crippen LogP contribution in [0.25, 0.3) is 0 Å². The quantitative estimate of drug-likeness (QED) is 0.570. The van der Waals surface area contributed by atoms with E-state index in [4.69, 9.17) is 14.9 Å². The van der Waals surface area contributed by atoms with Gasteiger partial charge in [0.2, 0.25) is 0 Å². The fourth-order valence-electron chi connectivity index (χ4n) is 1.29. The van der Waals surface area contributed by atoms with Gasteiger partial charge < -0.3 is 14.9 Å². The SMILES string of the molecule is OCCCn1nnc(Oc2nnnn2CCCO)n1. The lowest BCUT2D eigenvalue weighted by atomic mass is 10.5. The molecule has 0 bridgehead atoms. The lowest BCUT2D eigenvalue weighted by molar-refractivity contribution is 0.268. The number of nitrogens with zero attached hydrogens (tertiary/aromatic N) is 8. The molecule has 0 aliphatic rings. The van der Waals surface area contributed by atoms with Crippen molar-refractivity contribution in [2.75, 3.05) is 13.2 Å². The normalized spacial score (nSPS) is 10.8. The predicted octanol–water partition coefficient (Wildman–Crippen LogP) is -1.78. The van der Waals surface area contributed by atoms with E-state index in [0.717, 1.165) is 0 Å². The third-order valence-corrected chi connectivity index (χ3v) is 2.16. The first kappa shape index (κ1) is 13.3. The number of aromatic nitrogens is 8. The molecule has 0 fully saturated rings. The van der Waals surface area contributed by atoms with Crippen molar-refractivity contribution in [3.63, 3.8) is 0 Å². The number of ether oxygens (including phenoxy) is 1. The molecule has 0 aliphatic heterocycles. The Hall–Kier alpha value is -2.14. The van der Waals surface area contributed by atoms with E-state index in [9.17, 15) is 0 Å². The van der Waals surface area contributed by atoms with Crippen molar-refractivity contribution in [2.24, 2.45) is 0 Å². The Morgan fingerprint density at radius 3 is 2.58 bits per heavy atom. The summed E-state index contributed by atoms with van der Waals surface area (Å²) in [4.78, 5) is 1.31. The van der Waals surface area contributed by atoms with Crippen molar-refractivity contribution < 1.29 is 14.9 Å². The summed E-state index contributed by atoms with van der Waals surface area (Å²) in [6.07, 6.45) is 1.04. The second-order valence-electron chi connectivity index (χ2n) is 3.61. The van der Waals surface area contributed by atoms with E-state index in [2.05, 4.69) is 30.9 Å². The number of tetrazole rings is 2. The van der Waals surface area contributed by atoms with Crippen LogP contribution in [0.3, 0.4) is 0 Å². The second kappa shape index (κ2) is 6.70. The van der Waals surface area contributed by atoms with E-state index in [1.54, 1.807) is 0 Å². The van der Waals surface area contributed by atoms with Gasteiger partial charge in [-0.05, 0) is 28.5 Å². The van der Waals surface area contributed by atoms with Gasteiger partial charge in [-0.1, -0.05) is 15.3 Å². The van der Waals surface area contributed by atoms with Crippen LogP contribution >= 0.6 is 0 Å². The maximum Gasteiger partial charge on any atom is 0.364 e. The molecule has 2 aromatic rings. The van der Waals surface area contributed by atoms with Gasteiger partial charge in [-0.2, -0.15) is 9.48 Å². The third kappa shape index (κ3) is 3.66. The highest BCUT2D eigenvalue weighted by atomic mass is 16.5. The minimum absolute atomic E-state index is 0.0259. The van der Waals surface area contributed by atoms with Gasteiger partial charge in [0.15, 0.2) is 0 Å². The van der Waals surface area contributed by atoms with Crippen LogP contribution in [-0.4, -0.2) is 63.8 Å². The van der Waals surface area contributed by atoms with Gasteiger partial charge in [-0.3, -0.25) is 0 Å². The summed E-state index contributed by atoms with van der Waals surface area (Å²) in [6.45, 7) is 0.964. The molecule has 2 N–H and O–H groups in total. The highest BCUT2D eigenvalue weighted by Crippen LogP contribution is 2.12. The van der Waals surface area contributed by atoms with Crippen LogP contribution in [0.1, 0.15) is 12.8 Å². The first-order valence-corrected chi connectivity index (χ1v) is 5.77. The van der Waals surface area contributed by atoms with E-state index in [1.807, 2.05) is 0 Å². The average molecular weight is 270 g/mol. The minimum Gasteiger partial charge on any atom is -0.396 e. The van der Waals surface area contributed by atoms with Crippen molar-refractivity contribution in [1.82, 2.24) is 40.4 Å². The molecule has 2 rings (SSSR count). The van der Waals surface area contributed by atoms with Crippen LogP contribution in [0.15, 0.2) is 0 Å². The Kier molecular flexibility index (Phi) is 4.69. The van der Waals surface area contributed by atoms with Crippen molar-refractivity contribution in [2.45, 2.75) is 25.9 Å². The Labute approximate surface area is 107 Å². The molecule has 0 amide bonds. The molecule has 2 aromatic heterocycles. The number of aryl methyl sites for hydroxylation is 2. The Morgan fingerprint density at radius 1 is 1.00 bits per heavy atom. The molecular formula is C8H14N8O3. The van der Waals surface area contributed by atoms with Gasteiger partial charge >= 0.3 is 12.0 Å². The summed E-state index contributed by atoms with van der Waals surface area (Å²) in [5, 5.41) is 39.7. The van der Waals surface area contributed by atoms with Crippen LogP contribution in [-0.2, 0) is 13.1 Å². The topological polar surface area (TPSA) is 137 Å². The smallest absolute Gasteiger partial charge is 0.364 e. The number of aliphatic hydroxyl groups excluding tert-OH is 2. The molecule has 104 valence electrons. The molecule has 0 unspecified atom stereocenters. The molecule has 0 saturated heterocycles. The molecule has 0 aromatic carbocycles. The predicted molar refractivity (Wildman–Crippen MR) is 59.1 cm³/mol. The van der Waals surface area contributed by atoms with Crippen LogP contribution in [0, 0.1) is 0 Å². The molecule has 0 atom stereocenters. The third-order valence-electron chi connectivity index (χ3n) is 2.16. The molecule has 0 radical (unpaired) electrons. The summed E-state index contributed by atoms with van der Waals surface area (Å²) in [5.41, 5.74) is 0. The first-order chi connectivity index (χ1) is 9.33. The first-order valence-electron chi connectivity index (χ1n) is 5.77. The number of rotatable bonds is 8. The second-order valence-corrected chi connectivity index (χ2v) is 3.61. The fraction of sp³-hybridized carbons (Fsp3) is 0.750. The monoisotopic (exact) mass is 270 g/mol. The molecule has 19 heavy (non-hydrogen) atoms. The Morgan fingerprint density at radius 2 is 1.79 bits per heavy atom. The standard InChI is InChI=1S/C8H14N8O3/c17-5-1-3-15-8(10-12-14-15)19-7-9-13-16(11-7)4-2-6-18/h17-18H,1-6H2. The van der Waals surface area contributed by atoms with Gasteiger partial charge in [0.1, 0.15) is 0 Å². The zero-order valence-electron chi connectivity index (χ0n) is 10.1. The summed E-state index contributed by atoms with van der Waals surface area (Å²) in [5.74, 6) is 0. The summed E-state index contributed by atoms with van der Waals surface area (Å²) >= 11 is 0. The molecule has 0 aliphatic carbocycles. The van der Waals surface area contributed by atoms with Crippen molar-refractivity contribution in [1.29, 1.82) is 0 Å². The highest BCUT2D eigenvalue weighted by Gasteiger charge is 2.12. The van der Waals surface area contributed by atoms with E-state index < -0.39 is 0 Å². The lowest BCUT2D eigenvalue weighted by Gasteiger charge is -2.01. The average Bonchev–Trinajstić information content (AvgIpc) is 3.04. The van der Waals surface area contributed by atoms with Crippen molar-refractivity contribution in [3.8, 4) is 12.0 Å². The van der Waals surface area contributed by atoms with Gasteiger partial charge in [0, 0.05) is 13.2 Å². The van der Waals surface area contributed by atoms with Gasteiger partial charge in [-0.15, -0.1) is 0 Å². The minimum atomic E-state index is 0.0259. The molecule has 0 saturated carbocycles. The maximum atomic E-state index is 8.75. The van der Waals surface area contributed by atoms with E-state index in [-0.39, 0.29) is 25.2 Å².